The Morgan fingerprint density at radius 3 is 2.52 bits per heavy atom. The van der Waals surface area contributed by atoms with Crippen LogP contribution in [0, 0.1) is 6.92 Å². The number of aryl methyl sites for hydroxylation is 1. The molecule has 1 fully saturated rings. The Bertz CT molecular complexity index is 574. The van der Waals surface area contributed by atoms with E-state index in [-0.39, 0.29) is 24.4 Å². The smallest absolute Gasteiger partial charge is 0.319 e. The number of amides is 1. The van der Waals surface area contributed by atoms with Crippen LogP contribution in [-0.2, 0) is 11.2 Å². The Labute approximate surface area is 150 Å². The standard InChI is InChI=1S/C18H30N4O3/c1-5-14(12-22-9-7-6-8-10-22)20-16(23)11-15-13(2)19-18(25-4)21-17(15)24-3/h14H,5-12H2,1-4H3,(H,20,23)/t14-/m1/s1. The maximum atomic E-state index is 12.5. The first-order valence-electron chi connectivity index (χ1n) is 9.04. The number of likely N-dealkylation sites (tertiary alicyclic amines) is 1. The zero-order valence-electron chi connectivity index (χ0n) is 15.8. The molecule has 25 heavy (non-hydrogen) atoms. The van der Waals surface area contributed by atoms with Crippen LogP contribution in [-0.4, -0.2) is 60.7 Å². The fourth-order valence-corrected chi connectivity index (χ4v) is 3.18. The third-order valence-corrected chi connectivity index (χ3v) is 4.65. The molecule has 0 aliphatic carbocycles. The van der Waals surface area contributed by atoms with Crippen LogP contribution in [0.25, 0.3) is 0 Å². The third kappa shape index (κ3) is 5.56. The summed E-state index contributed by atoms with van der Waals surface area (Å²) in [6, 6.07) is 0.408. The Morgan fingerprint density at radius 1 is 1.20 bits per heavy atom. The molecule has 1 aromatic rings. The molecule has 0 aromatic carbocycles. The van der Waals surface area contributed by atoms with Crippen LogP contribution in [0.15, 0.2) is 0 Å². The van der Waals surface area contributed by atoms with E-state index in [1.165, 1.54) is 33.5 Å². The topological polar surface area (TPSA) is 76.6 Å². The van der Waals surface area contributed by atoms with Crippen LogP contribution in [0.1, 0.15) is 43.9 Å². The van der Waals surface area contributed by atoms with Gasteiger partial charge in [-0.3, -0.25) is 4.79 Å². The molecule has 140 valence electrons. The average molecular weight is 350 g/mol. The molecule has 0 unspecified atom stereocenters. The number of carbonyl (C=O) groups is 1. The van der Waals surface area contributed by atoms with Crippen molar-refractivity contribution in [1.82, 2.24) is 20.2 Å². The second kappa shape index (κ2) is 9.56. The number of piperidine rings is 1. The van der Waals surface area contributed by atoms with Crippen LogP contribution in [0.4, 0.5) is 0 Å². The van der Waals surface area contributed by atoms with Crippen LogP contribution in [0.3, 0.4) is 0 Å². The molecule has 2 heterocycles. The molecule has 1 saturated heterocycles. The molecule has 1 aromatic heterocycles. The molecule has 0 spiro atoms. The van der Waals surface area contributed by atoms with Crippen molar-refractivity contribution >= 4 is 5.91 Å². The fraction of sp³-hybridized carbons (Fsp3) is 0.722. The third-order valence-electron chi connectivity index (χ3n) is 4.65. The van der Waals surface area contributed by atoms with Gasteiger partial charge in [0.25, 0.3) is 0 Å². The van der Waals surface area contributed by atoms with Gasteiger partial charge in [-0.15, -0.1) is 0 Å². The van der Waals surface area contributed by atoms with E-state index in [2.05, 4.69) is 27.1 Å². The molecule has 7 heteroatoms. The normalized spacial score (nSPS) is 16.3. The largest absolute Gasteiger partial charge is 0.481 e. The van der Waals surface area contributed by atoms with Crippen molar-refractivity contribution in [3.05, 3.63) is 11.3 Å². The molecule has 0 radical (unpaired) electrons. The van der Waals surface area contributed by atoms with Crippen LogP contribution in [0.5, 0.6) is 11.9 Å². The van der Waals surface area contributed by atoms with Gasteiger partial charge in [0, 0.05) is 18.2 Å². The monoisotopic (exact) mass is 350 g/mol. The SMILES string of the molecule is CC[C@H](CN1CCCCC1)NC(=O)Cc1c(C)nc(OC)nc1OC. The summed E-state index contributed by atoms with van der Waals surface area (Å²) in [4.78, 5) is 23.4. The summed E-state index contributed by atoms with van der Waals surface area (Å²) < 4.78 is 10.4. The van der Waals surface area contributed by atoms with E-state index in [0.29, 0.717) is 17.1 Å². The highest BCUT2D eigenvalue weighted by molar-refractivity contribution is 5.79. The van der Waals surface area contributed by atoms with Crippen molar-refractivity contribution in [3.63, 3.8) is 0 Å². The highest BCUT2D eigenvalue weighted by atomic mass is 16.5. The highest BCUT2D eigenvalue weighted by Gasteiger charge is 2.20. The summed E-state index contributed by atoms with van der Waals surface area (Å²) in [6.45, 7) is 7.12. The van der Waals surface area contributed by atoms with Gasteiger partial charge in [-0.25, -0.2) is 4.98 Å². The van der Waals surface area contributed by atoms with E-state index >= 15 is 0 Å². The quantitative estimate of drug-likeness (QED) is 0.769. The Hall–Kier alpha value is -1.89. The second-order valence-electron chi connectivity index (χ2n) is 6.49. The minimum absolute atomic E-state index is 0.0287. The van der Waals surface area contributed by atoms with Gasteiger partial charge in [0.05, 0.1) is 26.3 Å². The number of hydrogen-bond acceptors (Lipinski definition) is 6. The number of rotatable bonds is 8. The lowest BCUT2D eigenvalue weighted by Gasteiger charge is -2.30. The predicted molar refractivity (Wildman–Crippen MR) is 96.1 cm³/mol. The van der Waals surface area contributed by atoms with Gasteiger partial charge in [-0.2, -0.15) is 4.98 Å². The lowest BCUT2D eigenvalue weighted by atomic mass is 10.1. The molecule has 1 atom stereocenters. The van der Waals surface area contributed by atoms with Crippen molar-refractivity contribution < 1.29 is 14.3 Å². The van der Waals surface area contributed by atoms with Gasteiger partial charge in [-0.05, 0) is 39.3 Å². The minimum Gasteiger partial charge on any atom is -0.481 e. The van der Waals surface area contributed by atoms with E-state index in [0.717, 1.165) is 26.1 Å². The van der Waals surface area contributed by atoms with Gasteiger partial charge in [0.1, 0.15) is 0 Å². The molecule has 0 saturated carbocycles. The van der Waals surface area contributed by atoms with E-state index in [9.17, 15) is 4.79 Å². The van der Waals surface area contributed by atoms with Crippen molar-refractivity contribution in [3.8, 4) is 11.9 Å². The van der Waals surface area contributed by atoms with Gasteiger partial charge in [0.15, 0.2) is 0 Å². The van der Waals surface area contributed by atoms with E-state index in [1.807, 2.05) is 6.92 Å². The fourth-order valence-electron chi connectivity index (χ4n) is 3.18. The number of nitrogens with zero attached hydrogens (tertiary/aromatic N) is 3. The van der Waals surface area contributed by atoms with Crippen molar-refractivity contribution in [1.29, 1.82) is 0 Å². The molecule has 0 bridgehead atoms. The molecular weight excluding hydrogens is 320 g/mol. The number of aromatic nitrogens is 2. The summed E-state index contributed by atoms with van der Waals surface area (Å²) in [7, 11) is 3.04. The van der Waals surface area contributed by atoms with Crippen molar-refractivity contribution in [2.24, 2.45) is 0 Å². The Balaban J connectivity index is 1.98. The zero-order chi connectivity index (χ0) is 18.2. The summed E-state index contributed by atoms with van der Waals surface area (Å²) in [5, 5.41) is 3.15. The maximum absolute atomic E-state index is 12.5. The van der Waals surface area contributed by atoms with Crippen LogP contribution >= 0.6 is 0 Å². The molecule has 1 aliphatic heterocycles. The number of nitrogens with one attached hydrogen (secondary N) is 1. The summed E-state index contributed by atoms with van der Waals surface area (Å²) in [5.41, 5.74) is 1.40. The molecular formula is C18H30N4O3. The van der Waals surface area contributed by atoms with E-state index in [1.54, 1.807) is 0 Å². The van der Waals surface area contributed by atoms with Crippen LogP contribution in [0.2, 0.25) is 0 Å². The summed E-state index contributed by atoms with van der Waals surface area (Å²) >= 11 is 0. The first-order valence-corrected chi connectivity index (χ1v) is 9.04. The molecule has 7 nitrogen and oxygen atoms in total. The molecule has 1 amide bonds. The zero-order valence-corrected chi connectivity index (χ0v) is 15.8. The molecule has 2 rings (SSSR count). The number of methoxy groups -OCH3 is 2. The Kier molecular flexibility index (Phi) is 7.43. The van der Waals surface area contributed by atoms with Crippen molar-refractivity contribution in [2.75, 3.05) is 33.9 Å². The van der Waals surface area contributed by atoms with Crippen molar-refractivity contribution in [2.45, 2.75) is 52.0 Å². The lowest BCUT2D eigenvalue weighted by Crippen LogP contribution is -2.45. The number of hydrogen-bond donors (Lipinski definition) is 1. The van der Waals surface area contributed by atoms with Gasteiger partial charge >= 0.3 is 6.01 Å². The molecule has 1 N–H and O–H groups in total. The van der Waals surface area contributed by atoms with E-state index in [4.69, 9.17) is 9.47 Å². The van der Waals surface area contributed by atoms with E-state index < -0.39 is 0 Å². The second-order valence-corrected chi connectivity index (χ2v) is 6.49. The summed E-state index contributed by atoms with van der Waals surface area (Å²) in [5.74, 6) is 0.364. The maximum Gasteiger partial charge on any atom is 0.319 e. The average Bonchev–Trinajstić information content (AvgIpc) is 2.63. The minimum atomic E-state index is -0.0287. The van der Waals surface area contributed by atoms with Gasteiger partial charge < -0.3 is 19.7 Å². The number of carbonyl (C=O) groups excluding carboxylic acids is 1. The first kappa shape index (κ1) is 19.4. The predicted octanol–water partition coefficient (Wildman–Crippen LogP) is 1.73. The van der Waals surface area contributed by atoms with Gasteiger partial charge in [0.2, 0.25) is 11.8 Å². The highest BCUT2D eigenvalue weighted by Crippen LogP contribution is 2.22. The lowest BCUT2D eigenvalue weighted by molar-refractivity contribution is -0.121. The Morgan fingerprint density at radius 2 is 1.92 bits per heavy atom. The first-order chi connectivity index (χ1) is 12.1. The summed E-state index contributed by atoms with van der Waals surface area (Å²) in [6.07, 6.45) is 4.94. The molecule has 1 aliphatic rings. The number of ether oxygens (including phenoxy) is 2. The van der Waals surface area contributed by atoms with Gasteiger partial charge in [-0.1, -0.05) is 13.3 Å². The van der Waals surface area contributed by atoms with Crippen LogP contribution < -0.4 is 14.8 Å².